The summed E-state index contributed by atoms with van der Waals surface area (Å²) in [6.45, 7) is 0. The zero-order chi connectivity index (χ0) is 18.1. The third-order valence-electron chi connectivity index (χ3n) is 4.68. The van der Waals surface area contributed by atoms with Crippen molar-refractivity contribution < 1.29 is 4.79 Å². The van der Waals surface area contributed by atoms with E-state index in [-0.39, 0.29) is 12.1 Å². The monoisotopic (exact) mass is 343 g/mol. The molecule has 1 aliphatic heterocycles. The van der Waals surface area contributed by atoms with Gasteiger partial charge in [0.15, 0.2) is 0 Å². The molecule has 1 heterocycles. The first-order valence-electron chi connectivity index (χ1n) is 8.66. The lowest BCUT2D eigenvalue weighted by Gasteiger charge is -2.26. The van der Waals surface area contributed by atoms with Crippen LogP contribution in [0.4, 0.5) is 17.1 Å². The molecule has 1 N–H and O–H groups in total. The lowest BCUT2D eigenvalue weighted by molar-refractivity contribution is 0.0981. The predicted molar refractivity (Wildman–Crippen MR) is 107 cm³/mol. The molecule has 0 spiro atoms. The van der Waals surface area contributed by atoms with E-state index in [2.05, 4.69) is 34.5 Å². The number of hydrogen-bond donors (Lipinski definition) is 1. The van der Waals surface area contributed by atoms with Crippen molar-refractivity contribution in [3.63, 3.8) is 0 Å². The summed E-state index contributed by atoms with van der Waals surface area (Å²) in [6, 6.07) is 25.6. The van der Waals surface area contributed by atoms with Crippen LogP contribution in [0, 0.1) is 0 Å². The number of nitrogens with zero attached hydrogens (tertiary/aromatic N) is 2. The highest BCUT2D eigenvalue weighted by molar-refractivity contribution is 6.10. The molecule has 1 unspecified atom stereocenters. The van der Waals surface area contributed by atoms with Crippen LogP contribution < -0.4 is 15.1 Å². The smallest absolute Gasteiger partial charge is 0.260 e. The summed E-state index contributed by atoms with van der Waals surface area (Å²) in [6.07, 6.45) is -0.226. The van der Waals surface area contributed by atoms with E-state index in [0.29, 0.717) is 5.56 Å². The normalized spacial score (nSPS) is 15.3. The standard InChI is InChI=1S/C22H21N3O/c1-24(2)18-14-12-16(13-15-18)21-23-19-10-6-7-11-20(19)25(21)22(26)17-8-4-3-5-9-17/h3-15,21,23H,1-2H3. The summed E-state index contributed by atoms with van der Waals surface area (Å²) in [7, 11) is 4.04. The summed E-state index contributed by atoms with van der Waals surface area (Å²) >= 11 is 0. The fourth-order valence-electron chi connectivity index (χ4n) is 3.29. The highest BCUT2D eigenvalue weighted by atomic mass is 16.2. The van der Waals surface area contributed by atoms with Gasteiger partial charge in [0, 0.05) is 25.3 Å². The van der Waals surface area contributed by atoms with Crippen LogP contribution in [0.1, 0.15) is 22.1 Å². The van der Waals surface area contributed by atoms with Gasteiger partial charge in [-0.1, -0.05) is 42.5 Å². The van der Waals surface area contributed by atoms with Crippen LogP contribution in [-0.4, -0.2) is 20.0 Å². The van der Waals surface area contributed by atoms with E-state index in [0.717, 1.165) is 22.6 Å². The average molecular weight is 343 g/mol. The van der Waals surface area contributed by atoms with Crippen molar-refractivity contribution in [2.24, 2.45) is 0 Å². The first kappa shape index (κ1) is 16.2. The first-order valence-corrected chi connectivity index (χ1v) is 8.66. The number of carbonyl (C=O) groups excluding carboxylic acids is 1. The van der Waals surface area contributed by atoms with E-state index in [1.165, 1.54) is 0 Å². The maximum atomic E-state index is 13.2. The van der Waals surface area contributed by atoms with Gasteiger partial charge in [0.05, 0.1) is 11.4 Å². The molecule has 0 aromatic heterocycles. The van der Waals surface area contributed by atoms with Crippen LogP contribution in [0.2, 0.25) is 0 Å². The maximum absolute atomic E-state index is 13.2. The summed E-state index contributed by atoms with van der Waals surface area (Å²) in [4.78, 5) is 17.2. The molecule has 0 saturated carbocycles. The van der Waals surface area contributed by atoms with Gasteiger partial charge in [-0.25, -0.2) is 0 Å². The molecule has 0 saturated heterocycles. The van der Waals surface area contributed by atoms with Crippen molar-refractivity contribution in [1.29, 1.82) is 0 Å². The molecule has 1 aliphatic rings. The number of carbonyl (C=O) groups is 1. The molecule has 3 aromatic rings. The van der Waals surface area contributed by atoms with Crippen molar-refractivity contribution in [2.45, 2.75) is 6.17 Å². The highest BCUT2D eigenvalue weighted by Crippen LogP contribution is 2.42. The lowest BCUT2D eigenvalue weighted by atomic mass is 10.1. The average Bonchev–Trinajstić information content (AvgIpc) is 3.07. The van der Waals surface area contributed by atoms with Gasteiger partial charge in [-0.3, -0.25) is 9.69 Å². The quantitative estimate of drug-likeness (QED) is 0.759. The molecule has 1 atom stereocenters. The number of hydrogen-bond acceptors (Lipinski definition) is 3. The summed E-state index contributed by atoms with van der Waals surface area (Å²) in [5.74, 6) is -0.00950. The molecule has 0 aliphatic carbocycles. The van der Waals surface area contributed by atoms with E-state index >= 15 is 0 Å². The predicted octanol–water partition coefficient (Wildman–Crippen LogP) is 4.52. The Kier molecular flexibility index (Phi) is 4.09. The van der Waals surface area contributed by atoms with E-state index in [1.54, 1.807) is 0 Å². The van der Waals surface area contributed by atoms with E-state index in [4.69, 9.17) is 0 Å². The van der Waals surface area contributed by atoms with Gasteiger partial charge in [0.2, 0.25) is 0 Å². The zero-order valence-corrected chi connectivity index (χ0v) is 14.9. The number of benzene rings is 3. The summed E-state index contributed by atoms with van der Waals surface area (Å²) in [5, 5.41) is 3.49. The zero-order valence-electron chi connectivity index (χ0n) is 14.9. The van der Waals surface area contributed by atoms with Crippen molar-refractivity contribution in [3.05, 3.63) is 90.0 Å². The maximum Gasteiger partial charge on any atom is 0.260 e. The molecular formula is C22H21N3O. The van der Waals surface area contributed by atoms with Gasteiger partial charge >= 0.3 is 0 Å². The molecule has 0 bridgehead atoms. The molecule has 26 heavy (non-hydrogen) atoms. The topological polar surface area (TPSA) is 35.6 Å². The van der Waals surface area contributed by atoms with Gasteiger partial charge in [-0.15, -0.1) is 0 Å². The molecule has 0 radical (unpaired) electrons. The Morgan fingerprint density at radius 2 is 1.54 bits per heavy atom. The van der Waals surface area contributed by atoms with Crippen LogP contribution in [0.15, 0.2) is 78.9 Å². The van der Waals surface area contributed by atoms with Gasteiger partial charge in [0.1, 0.15) is 6.17 Å². The van der Waals surface area contributed by atoms with Crippen LogP contribution in [0.5, 0.6) is 0 Å². The number of fused-ring (bicyclic) bond motifs is 1. The second-order valence-corrected chi connectivity index (χ2v) is 6.59. The Hall–Kier alpha value is -3.27. The molecular weight excluding hydrogens is 322 g/mol. The third kappa shape index (κ3) is 2.80. The van der Waals surface area contributed by atoms with E-state index in [1.807, 2.05) is 73.6 Å². The lowest BCUT2D eigenvalue weighted by Crippen LogP contribution is -2.34. The van der Waals surface area contributed by atoms with Crippen molar-refractivity contribution in [1.82, 2.24) is 0 Å². The summed E-state index contributed by atoms with van der Waals surface area (Å²) in [5.41, 5.74) is 4.74. The minimum atomic E-state index is -0.226. The van der Waals surface area contributed by atoms with Crippen LogP contribution in [0.3, 0.4) is 0 Å². The van der Waals surface area contributed by atoms with E-state index in [9.17, 15) is 4.79 Å². The minimum absolute atomic E-state index is 0.00950. The molecule has 4 rings (SSSR count). The Morgan fingerprint density at radius 3 is 2.23 bits per heavy atom. The van der Waals surface area contributed by atoms with Crippen molar-refractivity contribution >= 4 is 23.0 Å². The molecule has 130 valence electrons. The molecule has 4 nitrogen and oxygen atoms in total. The van der Waals surface area contributed by atoms with Crippen molar-refractivity contribution in [3.8, 4) is 0 Å². The Labute approximate surface area is 153 Å². The second kappa shape index (κ2) is 6.56. The third-order valence-corrected chi connectivity index (χ3v) is 4.68. The van der Waals surface area contributed by atoms with Crippen LogP contribution in [-0.2, 0) is 0 Å². The van der Waals surface area contributed by atoms with Gasteiger partial charge in [0.25, 0.3) is 5.91 Å². The Balaban J connectivity index is 1.75. The molecule has 3 aromatic carbocycles. The van der Waals surface area contributed by atoms with Crippen LogP contribution >= 0.6 is 0 Å². The van der Waals surface area contributed by atoms with Gasteiger partial charge in [-0.2, -0.15) is 0 Å². The number of rotatable bonds is 3. The molecule has 0 fully saturated rings. The fraction of sp³-hybridized carbons (Fsp3) is 0.136. The Morgan fingerprint density at radius 1 is 0.885 bits per heavy atom. The number of para-hydroxylation sites is 2. The summed E-state index contributed by atoms with van der Waals surface area (Å²) < 4.78 is 0. The number of nitrogens with one attached hydrogen (secondary N) is 1. The fourth-order valence-corrected chi connectivity index (χ4v) is 3.29. The second-order valence-electron chi connectivity index (χ2n) is 6.59. The minimum Gasteiger partial charge on any atom is -0.378 e. The van der Waals surface area contributed by atoms with Gasteiger partial charge in [-0.05, 0) is 42.0 Å². The largest absolute Gasteiger partial charge is 0.378 e. The Bertz CT molecular complexity index is 920. The molecule has 1 amide bonds. The van der Waals surface area contributed by atoms with Gasteiger partial charge < -0.3 is 10.2 Å². The highest BCUT2D eigenvalue weighted by Gasteiger charge is 2.34. The number of anilines is 3. The first-order chi connectivity index (χ1) is 12.6. The number of amides is 1. The van der Waals surface area contributed by atoms with Crippen LogP contribution in [0.25, 0.3) is 0 Å². The SMILES string of the molecule is CN(C)c1ccc(C2Nc3ccccc3N2C(=O)c2ccccc2)cc1. The van der Waals surface area contributed by atoms with E-state index < -0.39 is 0 Å². The van der Waals surface area contributed by atoms with Crippen molar-refractivity contribution in [2.75, 3.05) is 29.2 Å². The molecule has 4 heteroatoms.